The van der Waals surface area contributed by atoms with Crippen molar-refractivity contribution in [3.8, 4) is 0 Å². The van der Waals surface area contributed by atoms with E-state index in [2.05, 4.69) is 21.2 Å². The minimum Gasteiger partial charge on any atom is -0.345 e. The largest absolute Gasteiger partial charge is 0.345 e. The summed E-state index contributed by atoms with van der Waals surface area (Å²) in [4.78, 5) is 39.9. The number of halogens is 1. The molecular weight excluding hydrogens is 410 g/mol. The number of carbonyl (C=O) groups excluding carboxylic acids is 3. The van der Waals surface area contributed by atoms with E-state index in [1.807, 2.05) is 24.3 Å². The molecule has 2 aromatic rings. The quantitative estimate of drug-likeness (QED) is 0.811. The van der Waals surface area contributed by atoms with Gasteiger partial charge in [-0.15, -0.1) is 0 Å². The Morgan fingerprint density at radius 2 is 1.85 bits per heavy atom. The van der Waals surface area contributed by atoms with Gasteiger partial charge in [0.25, 0.3) is 5.91 Å². The lowest BCUT2D eigenvalue weighted by molar-refractivity contribution is -0.122. The molecule has 3 amide bonds. The van der Waals surface area contributed by atoms with Crippen molar-refractivity contribution >= 4 is 45.0 Å². The molecule has 1 aliphatic heterocycles. The lowest BCUT2D eigenvalue weighted by atomic mass is 10.1. The summed E-state index contributed by atoms with van der Waals surface area (Å²) in [5, 5.41) is 2.83. The Hall–Kier alpha value is -2.67. The molecule has 1 N–H and O–H groups in total. The Kier molecular flexibility index (Phi) is 5.60. The first-order valence-corrected chi connectivity index (χ1v) is 9.33. The fourth-order valence-electron chi connectivity index (χ4n) is 2.98. The summed E-state index contributed by atoms with van der Waals surface area (Å²) in [6.07, 6.45) is 0.176. The van der Waals surface area contributed by atoms with Gasteiger partial charge in [-0.05, 0) is 42.5 Å². The zero-order valence-corrected chi connectivity index (χ0v) is 16.7. The van der Waals surface area contributed by atoms with Crippen LogP contribution in [0.15, 0.2) is 53.0 Å². The van der Waals surface area contributed by atoms with E-state index in [-0.39, 0.29) is 24.1 Å². The summed E-state index contributed by atoms with van der Waals surface area (Å²) in [5.74, 6) is -0.786. The van der Waals surface area contributed by atoms with Gasteiger partial charge in [-0.2, -0.15) is 0 Å². The standard InChI is InChI=1S/C20H20BrN3O3/c1-23(2)20(27)13-6-8-16(9-7-13)22-19(26)14-10-18(25)24(12-14)17-5-3-4-15(21)11-17/h3-9,11,14H,10,12H2,1-2H3,(H,22,26). The average molecular weight is 430 g/mol. The molecule has 0 radical (unpaired) electrons. The number of hydrogen-bond donors (Lipinski definition) is 1. The Bertz CT molecular complexity index is 880. The van der Waals surface area contributed by atoms with Gasteiger partial charge in [0.05, 0.1) is 5.92 Å². The molecule has 0 spiro atoms. The first-order valence-electron chi connectivity index (χ1n) is 8.53. The SMILES string of the molecule is CN(C)C(=O)c1ccc(NC(=O)C2CC(=O)N(c3cccc(Br)c3)C2)cc1. The predicted molar refractivity (Wildman–Crippen MR) is 108 cm³/mol. The minimum atomic E-state index is -0.417. The molecule has 0 saturated carbocycles. The number of nitrogens with one attached hydrogen (secondary N) is 1. The molecule has 3 rings (SSSR count). The molecule has 27 heavy (non-hydrogen) atoms. The highest BCUT2D eigenvalue weighted by atomic mass is 79.9. The summed E-state index contributed by atoms with van der Waals surface area (Å²) >= 11 is 3.40. The van der Waals surface area contributed by atoms with Crippen LogP contribution in [0.4, 0.5) is 11.4 Å². The number of nitrogens with zero attached hydrogens (tertiary/aromatic N) is 2. The summed E-state index contributed by atoms with van der Waals surface area (Å²) in [6, 6.07) is 14.2. The maximum Gasteiger partial charge on any atom is 0.253 e. The fraction of sp³-hybridized carbons (Fsp3) is 0.250. The zero-order valence-electron chi connectivity index (χ0n) is 15.1. The monoisotopic (exact) mass is 429 g/mol. The Morgan fingerprint density at radius 1 is 1.15 bits per heavy atom. The van der Waals surface area contributed by atoms with E-state index >= 15 is 0 Å². The van der Waals surface area contributed by atoms with Crippen molar-refractivity contribution in [2.45, 2.75) is 6.42 Å². The van der Waals surface area contributed by atoms with Crippen LogP contribution in [-0.2, 0) is 9.59 Å². The van der Waals surface area contributed by atoms with Crippen molar-refractivity contribution in [1.29, 1.82) is 0 Å². The molecule has 0 bridgehead atoms. The van der Waals surface area contributed by atoms with Crippen molar-refractivity contribution < 1.29 is 14.4 Å². The average Bonchev–Trinajstić information content (AvgIpc) is 3.03. The molecule has 1 fully saturated rings. The van der Waals surface area contributed by atoms with Crippen molar-refractivity contribution in [1.82, 2.24) is 4.90 Å². The third kappa shape index (κ3) is 4.36. The second-order valence-corrected chi connectivity index (χ2v) is 7.57. The molecule has 1 aliphatic rings. The van der Waals surface area contributed by atoms with E-state index in [1.54, 1.807) is 43.3 Å². The van der Waals surface area contributed by atoms with Crippen LogP contribution >= 0.6 is 15.9 Å². The van der Waals surface area contributed by atoms with E-state index < -0.39 is 5.92 Å². The smallest absolute Gasteiger partial charge is 0.253 e. The minimum absolute atomic E-state index is 0.0693. The highest BCUT2D eigenvalue weighted by Gasteiger charge is 2.35. The second kappa shape index (κ2) is 7.92. The van der Waals surface area contributed by atoms with Crippen LogP contribution in [0.1, 0.15) is 16.8 Å². The zero-order chi connectivity index (χ0) is 19.6. The number of hydrogen-bond acceptors (Lipinski definition) is 3. The van der Waals surface area contributed by atoms with Gasteiger partial charge in [0.2, 0.25) is 11.8 Å². The highest BCUT2D eigenvalue weighted by molar-refractivity contribution is 9.10. The van der Waals surface area contributed by atoms with Crippen molar-refractivity contribution in [2.75, 3.05) is 30.9 Å². The topological polar surface area (TPSA) is 69.7 Å². The number of rotatable bonds is 4. The predicted octanol–water partition coefficient (Wildman–Crippen LogP) is 3.14. The first kappa shape index (κ1) is 19.1. The van der Waals surface area contributed by atoms with Crippen LogP contribution < -0.4 is 10.2 Å². The van der Waals surface area contributed by atoms with Gasteiger partial charge in [-0.3, -0.25) is 14.4 Å². The van der Waals surface area contributed by atoms with E-state index in [4.69, 9.17) is 0 Å². The Labute approximate surface area is 166 Å². The van der Waals surface area contributed by atoms with Gasteiger partial charge in [0.1, 0.15) is 0 Å². The van der Waals surface area contributed by atoms with E-state index in [0.717, 1.165) is 10.2 Å². The molecule has 2 aromatic carbocycles. The van der Waals surface area contributed by atoms with E-state index in [0.29, 0.717) is 17.8 Å². The number of benzene rings is 2. The third-order valence-corrected chi connectivity index (χ3v) is 4.91. The summed E-state index contributed by atoms with van der Waals surface area (Å²) < 4.78 is 0.882. The lowest BCUT2D eigenvalue weighted by Gasteiger charge is -2.17. The molecule has 140 valence electrons. The Balaban J connectivity index is 1.65. The van der Waals surface area contributed by atoms with E-state index in [9.17, 15) is 14.4 Å². The van der Waals surface area contributed by atoms with E-state index in [1.165, 1.54) is 4.90 Å². The first-order chi connectivity index (χ1) is 12.8. The highest BCUT2D eigenvalue weighted by Crippen LogP contribution is 2.28. The van der Waals surface area contributed by atoms with Crippen molar-refractivity contribution in [3.05, 3.63) is 58.6 Å². The molecule has 0 aromatic heterocycles. The summed E-state index contributed by atoms with van der Waals surface area (Å²) in [5.41, 5.74) is 1.93. The van der Waals surface area contributed by atoms with Gasteiger partial charge < -0.3 is 15.1 Å². The van der Waals surface area contributed by atoms with Gasteiger partial charge in [-0.1, -0.05) is 22.0 Å². The van der Waals surface area contributed by atoms with Crippen molar-refractivity contribution in [2.24, 2.45) is 5.92 Å². The second-order valence-electron chi connectivity index (χ2n) is 6.65. The summed E-state index contributed by atoms with van der Waals surface area (Å²) in [6.45, 7) is 0.346. The molecule has 1 saturated heterocycles. The summed E-state index contributed by atoms with van der Waals surface area (Å²) in [7, 11) is 3.37. The van der Waals surface area contributed by atoms with Gasteiger partial charge in [-0.25, -0.2) is 0 Å². The van der Waals surface area contributed by atoms with Crippen molar-refractivity contribution in [3.63, 3.8) is 0 Å². The third-order valence-electron chi connectivity index (χ3n) is 4.42. The molecule has 1 unspecified atom stereocenters. The molecular formula is C20H20BrN3O3. The van der Waals surface area contributed by atoms with Crippen LogP contribution in [0.5, 0.6) is 0 Å². The normalized spacial score (nSPS) is 16.3. The maximum atomic E-state index is 12.6. The van der Waals surface area contributed by atoms with Crippen LogP contribution in [0.3, 0.4) is 0 Å². The van der Waals surface area contributed by atoms with Crippen LogP contribution in [-0.4, -0.2) is 43.3 Å². The van der Waals surface area contributed by atoms with Crippen LogP contribution in [0.2, 0.25) is 0 Å². The molecule has 6 nitrogen and oxygen atoms in total. The maximum absolute atomic E-state index is 12.6. The number of anilines is 2. The Morgan fingerprint density at radius 3 is 2.48 bits per heavy atom. The van der Waals surface area contributed by atoms with Gasteiger partial charge >= 0.3 is 0 Å². The molecule has 1 atom stereocenters. The molecule has 1 heterocycles. The molecule has 0 aliphatic carbocycles. The fourth-order valence-corrected chi connectivity index (χ4v) is 3.36. The lowest BCUT2D eigenvalue weighted by Crippen LogP contribution is -2.28. The van der Waals surface area contributed by atoms with Crippen LogP contribution in [0, 0.1) is 5.92 Å². The number of carbonyl (C=O) groups is 3. The van der Waals surface area contributed by atoms with Gasteiger partial charge in [0, 0.05) is 48.5 Å². The van der Waals surface area contributed by atoms with Gasteiger partial charge in [0.15, 0.2) is 0 Å². The number of amides is 3. The molecule has 7 heteroatoms. The van der Waals surface area contributed by atoms with Crippen LogP contribution in [0.25, 0.3) is 0 Å².